The minimum atomic E-state index is -0.202. The summed E-state index contributed by atoms with van der Waals surface area (Å²) in [6, 6.07) is 11.1. The maximum atomic E-state index is 13.8. The highest BCUT2D eigenvalue weighted by Crippen LogP contribution is 2.25. The van der Waals surface area contributed by atoms with Crippen LogP contribution in [-0.2, 0) is 12.3 Å². The van der Waals surface area contributed by atoms with E-state index in [1.807, 2.05) is 25.1 Å². The number of aromatic nitrogens is 2. The molecule has 0 fully saturated rings. The van der Waals surface area contributed by atoms with Gasteiger partial charge >= 0.3 is 0 Å². The molecule has 1 heterocycles. The van der Waals surface area contributed by atoms with Crippen molar-refractivity contribution in [2.45, 2.75) is 24.4 Å². The number of imidazole rings is 1. The van der Waals surface area contributed by atoms with Gasteiger partial charge in [0.25, 0.3) is 0 Å². The third-order valence-corrected chi connectivity index (χ3v) is 4.25. The number of halogens is 1. The van der Waals surface area contributed by atoms with Crippen molar-refractivity contribution in [3.05, 3.63) is 58.9 Å². The summed E-state index contributed by atoms with van der Waals surface area (Å²) in [7, 11) is 0. The van der Waals surface area contributed by atoms with E-state index in [2.05, 4.69) is 16.0 Å². The first-order valence-electron chi connectivity index (χ1n) is 6.72. The molecule has 0 spiro atoms. The van der Waals surface area contributed by atoms with E-state index < -0.39 is 0 Å². The molecule has 0 saturated carbocycles. The summed E-state index contributed by atoms with van der Waals surface area (Å²) in [5.74, 6) is 0.324. The number of hydrogen-bond acceptors (Lipinski definition) is 3. The smallest absolute Gasteiger partial charge is 0.166 e. The molecule has 3 rings (SSSR count). The molecule has 3 aromatic rings. The number of H-pyrrole nitrogens is 1. The van der Waals surface area contributed by atoms with Crippen LogP contribution in [0.1, 0.15) is 16.7 Å². The second-order valence-corrected chi connectivity index (χ2v) is 5.95. The van der Waals surface area contributed by atoms with Gasteiger partial charge in [0, 0.05) is 12.3 Å². The number of fused-ring (bicyclic) bond motifs is 1. The van der Waals surface area contributed by atoms with Crippen LogP contribution in [0.25, 0.3) is 11.0 Å². The van der Waals surface area contributed by atoms with E-state index in [4.69, 9.17) is 5.73 Å². The topological polar surface area (TPSA) is 54.7 Å². The van der Waals surface area contributed by atoms with Gasteiger partial charge in [-0.3, -0.25) is 0 Å². The highest BCUT2D eigenvalue weighted by atomic mass is 32.2. The zero-order valence-electron chi connectivity index (χ0n) is 11.7. The zero-order valence-corrected chi connectivity index (χ0v) is 12.5. The molecule has 0 amide bonds. The molecule has 0 atom stereocenters. The average molecular weight is 301 g/mol. The van der Waals surface area contributed by atoms with E-state index in [1.165, 1.54) is 23.4 Å². The van der Waals surface area contributed by atoms with Crippen LogP contribution in [0, 0.1) is 12.7 Å². The molecule has 0 aliphatic heterocycles. The Bertz CT molecular complexity index is 782. The van der Waals surface area contributed by atoms with Crippen LogP contribution >= 0.6 is 11.8 Å². The Balaban J connectivity index is 1.80. The normalized spacial score (nSPS) is 11.2. The highest BCUT2D eigenvalue weighted by Gasteiger charge is 2.07. The molecule has 2 aromatic carbocycles. The van der Waals surface area contributed by atoms with E-state index >= 15 is 0 Å². The van der Waals surface area contributed by atoms with Crippen LogP contribution in [0.4, 0.5) is 4.39 Å². The van der Waals surface area contributed by atoms with Gasteiger partial charge in [-0.05, 0) is 41.8 Å². The number of nitrogens with two attached hydrogens (primary N) is 1. The Labute approximate surface area is 126 Å². The van der Waals surface area contributed by atoms with Crippen molar-refractivity contribution in [3.8, 4) is 0 Å². The number of nitrogens with zero attached hydrogens (tertiary/aromatic N) is 1. The number of aryl methyl sites for hydroxylation is 1. The Morgan fingerprint density at radius 1 is 1.24 bits per heavy atom. The van der Waals surface area contributed by atoms with E-state index in [1.54, 1.807) is 6.07 Å². The van der Waals surface area contributed by atoms with Gasteiger partial charge in [0.05, 0.1) is 11.0 Å². The van der Waals surface area contributed by atoms with Gasteiger partial charge in [0.1, 0.15) is 5.82 Å². The molecule has 5 heteroatoms. The number of aromatic amines is 1. The summed E-state index contributed by atoms with van der Waals surface area (Å²) < 4.78 is 13.8. The summed E-state index contributed by atoms with van der Waals surface area (Å²) in [6.07, 6.45) is 0. The molecule has 21 heavy (non-hydrogen) atoms. The average Bonchev–Trinajstić information content (AvgIpc) is 2.88. The van der Waals surface area contributed by atoms with Gasteiger partial charge < -0.3 is 10.7 Å². The van der Waals surface area contributed by atoms with Gasteiger partial charge in [-0.2, -0.15) is 0 Å². The SMILES string of the molecule is Cc1ccc2nc(SCc3cc(CN)ccc3F)[nH]c2c1. The molecular formula is C16H16FN3S. The van der Waals surface area contributed by atoms with Gasteiger partial charge in [0.15, 0.2) is 5.16 Å². The molecule has 0 radical (unpaired) electrons. The predicted octanol–water partition coefficient (Wildman–Crippen LogP) is 3.76. The Morgan fingerprint density at radius 2 is 2.10 bits per heavy atom. The summed E-state index contributed by atoms with van der Waals surface area (Å²) in [5, 5.41) is 0.799. The molecule has 108 valence electrons. The Hall–Kier alpha value is -1.85. The molecule has 0 bridgehead atoms. The fourth-order valence-electron chi connectivity index (χ4n) is 2.18. The van der Waals surface area contributed by atoms with Crippen molar-refractivity contribution >= 4 is 22.8 Å². The summed E-state index contributed by atoms with van der Waals surface area (Å²) in [4.78, 5) is 7.76. The third-order valence-electron chi connectivity index (χ3n) is 3.33. The summed E-state index contributed by atoms with van der Waals surface area (Å²) in [6.45, 7) is 2.46. The van der Waals surface area contributed by atoms with Crippen LogP contribution in [0.3, 0.4) is 0 Å². The monoisotopic (exact) mass is 301 g/mol. The molecule has 0 aliphatic rings. The quantitative estimate of drug-likeness (QED) is 0.721. The van der Waals surface area contributed by atoms with Gasteiger partial charge in [0.2, 0.25) is 0 Å². The molecule has 0 saturated heterocycles. The van der Waals surface area contributed by atoms with Gasteiger partial charge in [-0.15, -0.1) is 0 Å². The van der Waals surface area contributed by atoms with E-state index in [9.17, 15) is 4.39 Å². The minimum absolute atomic E-state index is 0.202. The molecule has 3 nitrogen and oxygen atoms in total. The first kappa shape index (κ1) is 14.1. The van der Waals surface area contributed by atoms with Gasteiger partial charge in [-0.25, -0.2) is 9.37 Å². The van der Waals surface area contributed by atoms with E-state index in [-0.39, 0.29) is 5.82 Å². The first-order valence-corrected chi connectivity index (χ1v) is 7.71. The summed E-state index contributed by atoms with van der Waals surface area (Å²) in [5.41, 5.74) is 10.3. The maximum Gasteiger partial charge on any atom is 0.166 e. The maximum absolute atomic E-state index is 13.8. The Morgan fingerprint density at radius 3 is 2.90 bits per heavy atom. The fraction of sp³-hybridized carbons (Fsp3) is 0.188. The minimum Gasteiger partial charge on any atom is -0.333 e. The highest BCUT2D eigenvalue weighted by molar-refractivity contribution is 7.98. The largest absolute Gasteiger partial charge is 0.333 e. The Kier molecular flexibility index (Phi) is 3.94. The molecule has 0 unspecified atom stereocenters. The van der Waals surface area contributed by atoms with E-state index in [0.29, 0.717) is 17.9 Å². The third kappa shape index (κ3) is 3.09. The van der Waals surface area contributed by atoms with Crippen LogP contribution < -0.4 is 5.73 Å². The second kappa shape index (κ2) is 5.87. The molecule has 1 aromatic heterocycles. The lowest BCUT2D eigenvalue weighted by molar-refractivity contribution is 0.616. The first-order chi connectivity index (χ1) is 10.2. The molecule has 3 N–H and O–H groups in total. The van der Waals surface area contributed by atoms with Crippen molar-refractivity contribution in [3.63, 3.8) is 0 Å². The van der Waals surface area contributed by atoms with Crippen molar-refractivity contribution in [1.29, 1.82) is 0 Å². The zero-order chi connectivity index (χ0) is 14.8. The predicted molar refractivity (Wildman–Crippen MR) is 84.7 cm³/mol. The van der Waals surface area contributed by atoms with Crippen molar-refractivity contribution in [1.82, 2.24) is 9.97 Å². The van der Waals surface area contributed by atoms with Crippen LogP contribution in [0.15, 0.2) is 41.6 Å². The van der Waals surface area contributed by atoms with Gasteiger partial charge in [-0.1, -0.05) is 30.0 Å². The van der Waals surface area contributed by atoms with Crippen LogP contribution in [0.2, 0.25) is 0 Å². The number of hydrogen-bond donors (Lipinski definition) is 2. The number of benzene rings is 2. The number of thioether (sulfide) groups is 1. The standard InChI is InChI=1S/C16H16FN3S/c1-10-2-5-14-15(6-10)20-16(19-14)21-9-12-7-11(8-18)3-4-13(12)17/h2-7H,8-9,18H2,1H3,(H,19,20). The van der Waals surface area contributed by atoms with Crippen molar-refractivity contribution in [2.24, 2.45) is 5.73 Å². The van der Waals surface area contributed by atoms with Crippen LogP contribution in [0.5, 0.6) is 0 Å². The molecular weight excluding hydrogens is 285 g/mol. The van der Waals surface area contributed by atoms with Crippen molar-refractivity contribution < 1.29 is 4.39 Å². The lowest BCUT2D eigenvalue weighted by Crippen LogP contribution is -1.98. The second-order valence-electron chi connectivity index (χ2n) is 4.98. The lowest BCUT2D eigenvalue weighted by Gasteiger charge is -2.04. The number of nitrogens with one attached hydrogen (secondary N) is 1. The van der Waals surface area contributed by atoms with E-state index in [0.717, 1.165) is 21.8 Å². The van der Waals surface area contributed by atoms with Crippen LogP contribution in [-0.4, -0.2) is 9.97 Å². The van der Waals surface area contributed by atoms with Crippen molar-refractivity contribution in [2.75, 3.05) is 0 Å². The summed E-state index contributed by atoms with van der Waals surface area (Å²) >= 11 is 1.49. The fourth-order valence-corrected chi connectivity index (χ4v) is 3.04. The molecule has 0 aliphatic carbocycles. The lowest BCUT2D eigenvalue weighted by atomic mass is 10.1. The number of rotatable bonds is 4.